The lowest BCUT2D eigenvalue weighted by Gasteiger charge is -2.29. The van der Waals surface area contributed by atoms with Gasteiger partial charge in [-0.2, -0.15) is 23.4 Å². The number of esters is 1. The van der Waals surface area contributed by atoms with E-state index >= 15 is 0 Å². The number of aromatic nitrogens is 1. The quantitative estimate of drug-likeness (QED) is 0.438. The van der Waals surface area contributed by atoms with Crippen molar-refractivity contribution in [2.45, 2.75) is 31.5 Å². The molecule has 0 saturated carbocycles. The van der Waals surface area contributed by atoms with Gasteiger partial charge in [0, 0.05) is 30.2 Å². The molecular weight excluding hydrogens is 571 g/mol. The Hall–Kier alpha value is -3.48. The fraction of sp³-hybridized carbons (Fsp3) is 0.333. The third-order valence-corrected chi connectivity index (χ3v) is 8.25. The first-order chi connectivity index (χ1) is 19.1. The van der Waals surface area contributed by atoms with E-state index in [-0.39, 0.29) is 33.4 Å². The summed E-state index contributed by atoms with van der Waals surface area (Å²) in [6.07, 6.45) is -2.57. The van der Waals surface area contributed by atoms with Crippen molar-refractivity contribution in [3.63, 3.8) is 0 Å². The van der Waals surface area contributed by atoms with Gasteiger partial charge in [0.1, 0.15) is 6.04 Å². The minimum absolute atomic E-state index is 0.0425. The predicted octanol–water partition coefficient (Wildman–Crippen LogP) is 3.84. The van der Waals surface area contributed by atoms with Crippen LogP contribution in [0.2, 0.25) is 5.02 Å². The van der Waals surface area contributed by atoms with Gasteiger partial charge in [-0.3, -0.25) is 9.36 Å². The molecule has 0 amide bonds. The molecule has 0 radical (unpaired) electrons. The van der Waals surface area contributed by atoms with Crippen molar-refractivity contribution in [1.82, 2.24) is 4.57 Å². The van der Waals surface area contributed by atoms with Crippen LogP contribution in [0.5, 0.6) is 5.88 Å². The normalized spacial score (nSPS) is 16.8. The minimum Gasteiger partial charge on any atom is -0.493 e. The van der Waals surface area contributed by atoms with Gasteiger partial charge in [0.25, 0.3) is 0 Å². The van der Waals surface area contributed by atoms with Gasteiger partial charge in [-0.1, -0.05) is 35.1 Å². The Labute approximate surface area is 234 Å². The molecule has 0 aliphatic carbocycles. The van der Waals surface area contributed by atoms with Crippen molar-refractivity contribution in [3.05, 3.63) is 83.2 Å². The highest BCUT2D eigenvalue weighted by molar-refractivity contribution is 7.10. The number of carbonyl (C=O) groups is 1. The van der Waals surface area contributed by atoms with Gasteiger partial charge in [0.2, 0.25) is 5.88 Å². The molecule has 2 aliphatic heterocycles. The maximum absolute atomic E-state index is 14.0. The van der Waals surface area contributed by atoms with Gasteiger partial charge in [-0.15, -0.1) is 0 Å². The summed E-state index contributed by atoms with van der Waals surface area (Å²) >= 11 is 6.54. The second-order valence-electron chi connectivity index (χ2n) is 9.38. The maximum atomic E-state index is 14.0. The summed E-state index contributed by atoms with van der Waals surface area (Å²) in [5.74, 6) is -1.57. The summed E-state index contributed by atoms with van der Waals surface area (Å²) in [6, 6.07) is 7.31. The van der Waals surface area contributed by atoms with E-state index in [1.807, 2.05) is 0 Å². The Morgan fingerprint density at radius 2 is 2.00 bits per heavy atom. The lowest BCUT2D eigenvalue weighted by molar-refractivity contribution is -0.148. The van der Waals surface area contributed by atoms with Crippen molar-refractivity contribution < 1.29 is 32.5 Å². The van der Waals surface area contributed by atoms with Crippen LogP contribution in [-0.2, 0) is 26.9 Å². The lowest BCUT2D eigenvalue weighted by atomic mass is 9.91. The first kappa shape index (κ1) is 28.1. The SMILES string of the molecule is COC(=O)C(C1CCOCC1)n1c(O)c(C(Cc2ccc(Cl)cc2C(F)(F)F)=c2ccc3c(c2)C=NN=3)sc1=O. The zero-order valence-corrected chi connectivity index (χ0v) is 22.6. The Morgan fingerprint density at radius 1 is 1.25 bits per heavy atom. The first-order valence-corrected chi connectivity index (χ1v) is 13.5. The summed E-state index contributed by atoms with van der Waals surface area (Å²) in [7, 11) is 1.19. The molecule has 1 atom stereocenters. The first-order valence-electron chi connectivity index (χ1n) is 12.3. The van der Waals surface area contributed by atoms with Crippen molar-refractivity contribution in [2.75, 3.05) is 20.3 Å². The third-order valence-electron chi connectivity index (χ3n) is 7.01. The van der Waals surface area contributed by atoms with Crippen molar-refractivity contribution >= 4 is 40.7 Å². The van der Waals surface area contributed by atoms with Gasteiger partial charge in [0.15, 0.2) is 0 Å². The van der Waals surface area contributed by atoms with Gasteiger partial charge in [-0.05, 0) is 59.4 Å². The number of fused-ring (bicyclic) bond motifs is 1. The Balaban J connectivity index is 1.72. The van der Waals surface area contributed by atoms with Gasteiger partial charge in [-0.25, -0.2) is 4.79 Å². The van der Waals surface area contributed by atoms with E-state index in [1.54, 1.807) is 18.2 Å². The Kier molecular flexibility index (Phi) is 7.85. The summed E-state index contributed by atoms with van der Waals surface area (Å²) < 4.78 is 53.3. The van der Waals surface area contributed by atoms with E-state index in [0.717, 1.165) is 10.6 Å². The van der Waals surface area contributed by atoms with Crippen molar-refractivity contribution in [3.8, 4) is 5.88 Å². The van der Waals surface area contributed by atoms with Crippen LogP contribution in [0, 0.1) is 5.92 Å². The third kappa shape index (κ3) is 5.43. The van der Waals surface area contributed by atoms with Crippen molar-refractivity contribution in [2.24, 2.45) is 16.1 Å². The number of methoxy groups -OCH3 is 1. The fourth-order valence-corrected chi connectivity index (χ4v) is 6.19. The summed E-state index contributed by atoms with van der Waals surface area (Å²) in [5, 5.41) is 20.3. The molecule has 0 bridgehead atoms. The number of nitrogens with zero attached hydrogens (tertiary/aromatic N) is 3. The molecule has 1 N–H and O–H groups in total. The van der Waals surface area contributed by atoms with E-state index in [9.17, 15) is 27.9 Å². The molecule has 3 aromatic rings. The van der Waals surface area contributed by atoms with E-state index in [1.165, 1.54) is 25.5 Å². The molecule has 2 aliphatic rings. The second kappa shape index (κ2) is 11.2. The summed E-state index contributed by atoms with van der Waals surface area (Å²) in [4.78, 5) is 25.6. The van der Waals surface area contributed by atoms with Gasteiger partial charge >= 0.3 is 17.0 Å². The van der Waals surface area contributed by atoms with E-state index in [2.05, 4.69) is 10.2 Å². The minimum atomic E-state index is -4.70. The number of thiazole rings is 1. The van der Waals surface area contributed by atoms with Crippen molar-refractivity contribution in [1.29, 1.82) is 0 Å². The zero-order valence-electron chi connectivity index (χ0n) is 21.1. The summed E-state index contributed by atoms with van der Waals surface area (Å²) in [5.41, 5.74) is -0.157. The van der Waals surface area contributed by atoms with E-state index < -0.39 is 34.5 Å². The average molecular weight is 594 g/mol. The predicted molar refractivity (Wildman–Crippen MR) is 142 cm³/mol. The fourth-order valence-electron chi connectivity index (χ4n) is 5.04. The van der Waals surface area contributed by atoms with Crippen LogP contribution in [0.1, 0.15) is 40.5 Å². The van der Waals surface area contributed by atoms with Gasteiger partial charge < -0.3 is 14.6 Å². The second-order valence-corrected chi connectivity index (χ2v) is 10.8. The summed E-state index contributed by atoms with van der Waals surface area (Å²) in [6.45, 7) is 0.751. The molecule has 3 heterocycles. The van der Waals surface area contributed by atoms with E-state index in [4.69, 9.17) is 21.1 Å². The van der Waals surface area contributed by atoms with Crippen LogP contribution >= 0.6 is 22.9 Å². The standard InChI is InChI=1S/C27H23ClF3N3O5S/c1-38-25(36)22(14-6-8-39-9-7-14)34-24(35)23(40-26(34)37)19(15-3-5-21-17(10-15)13-32-33-21)11-16-2-4-18(28)12-20(16)27(29,30)31/h2-5,10,12-14,22,35H,6-9,11H2,1H3. The molecule has 13 heteroatoms. The monoisotopic (exact) mass is 593 g/mol. The number of halogens is 4. The largest absolute Gasteiger partial charge is 0.493 e. The number of rotatable bonds is 6. The number of ether oxygens (including phenoxy) is 2. The highest BCUT2D eigenvalue weighted by Gasteiger charge is 2.38. The average Bonchev–Trinajstić information content (AvgIpc) is 3.52. The Bertz CT molecular complexity index is 1680. The van der Waals surface area contributed by atoms with Gasteiger partial charge in [0.05, 0.1) is 29.1 Å². The molecule has 210 valence electrons. The topological polar surface area (TPSA) is 102 Å². The number of carbonyl (C=O) groups excluding carboxylic acids is 1. The Morgan fingerprint density at radius 3 is 2.70 bits per heavy atom. The number of aromatic hydroxyl groups is 1. The number of alkyl halides is 3. The molecule has 1 unspecified atom stereocenters. The molecule has 5 rings (SSSR count). The van der Waals surface area contributed by atoms with Crippen LogP contribution in [0.25, 0.3) is 5.57 Å². The smallest absolute Gasteiger partial charge is 0.416 e. The number of hydrogen-bond acceptors (Lipinski definition) is 8. The molecule has 0 spiro atoms. The molecule has 1 fully saturated rings. The number of hydrogen-bond donors (Lipinski definition) is 1. The van der Waals surface area contributed by atoms with Crippen LogP contribution in [0.15, 0.2) is 51.4 Å². The van der Waals surface area contributed by atoms with Crippen LogP contribution in [0.4, 0.5) is 13.2 Å². The number of benzene rings is 2. The lowest BCUT2D eigenvalue weighted by Crippen LogP contribution is -2.36. The highest BCUT2D eigenvalue weighted by atomic mass is 35.5. The molecule has 2 aromatic carbocycles. The van der Waals surface area contributed by atoms with Crippen LogP contribution in [0.3, 0.4) is 0 Å². The molecular formula is C27H23ClF3N3O5S. The zero-order chi connectivity index (χ0) is 28.6. The molecule has 1 saturated heterocycles. The highest BCUT2D eigenvalue weighted by Crippen LogP contribution is 2.39. The van der Waals surface area contributed by atoms with Crippen LogP contribution in [-0.4, -0.2) is 42.2 Å². The molecule has 40 heavy (non-hydrogen) atoms. The van der Waals surface area contributed by atoms with Crippen LogP contribution < -0.4 is 15.4 Å². The molecule has 1 aromatic heterocycles. The van der Waals surface area contributed by atoms with E-state index in [0.29, 0.717) is 53.5 Å². The maximum Gasteiger partial charge on any atom is 0.416 e. The molecule has 8 nitrogen and oxygen atoms in total.